The van der Waals surface area contributed by atoms with Crippen molar-refractivity contribution in [3.05, 3.63) is 11.6 Å². The molecule has 0 saturated heterocycles. The molecule has 0 amide bonds. The van der Waals surface area contributed by atoms with Gasteiger partial charge in [0.2, 0.25) is 0 Å². The Morgan fingerprint density at radius 1 is 1.23 bits per heavy atom. The number of aryl methyl sites for hydroxylation is 1. The number of hydrogen-bond donors (Lipinski definition) is 1. The fourth-order valence-corrected chi connectivity index (χ4v) is 1.29. The van der Waals surface area contributed by atoms with Crippen LogP contribution in [0.4, 0.5) is 0 Å². The third kappa shape index (κ3) is 1.90. The number of nitrogens with zero attached hydrogens (tertiary/aromatic N) is 2. The lowest BCUT2D eigenvalue weighted by Crippen LogP contribution is -2.21. The summed E-state index contributed by atoms with van der Waals surface area (Å²) in [4.78, 5) is 4.48. The van der Waals surface area contributed by atoms with Gasteiger partial charge in [-0.3, -0.25) is 5.10 Å². The molecule has 0 aliphatic heterocycles. The Hall–Kier alpha value is -0.860. The van der Waals surface area contributed by atoms with Crippen molar-refractivity contribution in [3.8, 4) is 0 Å². The standard InChI is InChI=1S/C10H19N3/c1-5-8-11-9(13-12-8)10(4,6-2)7-3/h5-7H2,1-4H3,(H,11,12,13). The Kier molecular flexibility index (Phi) is 3.07. The van der Waals surface area contributed by atoms with Gasteiger partial charge in [-0.05, 0) is 12.8 Å². The minimum absolute atomic E-state index is 0.143. The molecule has 0 saturated carbocycles. The summed E-state index contributed by atoms with van der Waals surface area (Å²) in [6, 6.07) is 0. The summed E-state index contributed by atoms with van der Waals surface area (Å²) in [6.45, 7) is 8.67. The second-order valence-corrected chi connectivity index (χ2v) is 3.73. The second-order valence-electron chi connectivity index (χ2n) is 3.73. The molecular weight excluding hydrogens is 162 g/mol. The Labute approximate surface area is 80.0 Å². The Morgan fingerprint density at radius 2 is 1.85 bits per heavy atom. The van der Waals surface area contributed by atoms with E-state index in [1.165, 1.54) is 0 Å². The van der Waals surface area contributed by atoms with Crippen molar-refractivity contribution in [2.75, 3.05) is 0 Å². The quantitative estimate of drug-likeness (QED) is 0.775. The first-order valence-electron chi connectivity index (χ1n) is 5.08. The van der Waals surface area contributed by atoms with Crippen molar-refractivity contribution in [1.82, 2.24) is 15.2 Å². The van der Waals surface area contributed by atoms with Gasteiger partial charge in [0.05, 0.1) is 0 Å². The number of rotatable bonds is 4. The van der Waals surface area contributed by atoms with E-state index >= 15 is 0 Å². The van der Waals surface area contributed by atoms with Crippen LogP contribution in [-0.4, -0.2) is 15.2 Å². The van der Waals surface area contributed by atoms with Gasteiger partial charge >= 0.3 is 0 Å². The largest absolute Gasteiger partial charge is 0.263 e. The van der Waals surface area contributed by atoms with E-state index in [9.17, 15) is 0 Å². The average Bonchev–Trinajstić information content (AvgIpc) is 2.65. The number of aromatic amines is 1. The molecule has 0 aliphatic rings. The molecule has 3 heteroatoms. The summed E-state index contributed by atoms with van der Waals surface area (Å²) in [7, 11) is 0. The van der Waals surface area contributed by atoms with E-state index in [0.717, 1.165) is 30.9 Å². The predicted octanol–water partition coefficient (Wildman–Crippen LogP) is 2.44. The lowest BCUT2D eigenvalue weighted by atomic mass is 9.84. The Balaban J connectivity index is 2.91. The molecule has 0 atom stereocenters. The van der Waals surface area contributed by atoms with Gasteiger partial charge in [-0.15, -0.1) is 0 Å². The molecule has 1 aromatic rings. The summed E-state index contributed by atoms with van der Waals surface area (Å²) < 4.78 is 0. The topological polar surface area (TPSA) is 41.6 Å². The molecule has 0 fully saturated rings. The van der Waals surface area contributed by atoms with Crippen LogP contribution in [0.25, 0.3) is 0 Å². The molecule has 1 rings (SSSR count). The van der Waals surface area contributed by atoms with E-state index < -0.39 is 0 Å². The SMILES string of the molecule is CCc1nc(C(C)(CC)CC)n[nH]1. The third-order valence-corrected chi connectivity index (χ3v) is 2.97. The smallest absolute Gasteiger partial charge is 0.156 e. The van der Waals surface area contributed by atoms with Crippen LogP contribution in [0.2, 0.25) is 0 Å². The first-order valence-corrected chi connectivity index (χ1v) is 5.08. The summed E-state index contributed by atoms with van der Waals surface area (Å²) in [6.07, 6.45) is 3.10. The zero-order valence-corrected chi connectivity index (χ0v) is 9.02. The summed E-state index contributed by atoms with van der Waals surface area (Å²) in [5, 5.41) is 7.23. The molecule has 0 unspecified atom stereocenters. The van der Waals surface area contributed by atoms with Crippen LogP contribution in [0.1, 0.15) is 52.2 Å². The van der Waals surface area contributed by atoms with Gasteiger partial charge in [0.25, 0.3) is 0 Å². The number of hydrogen-bond acceptors (Lipinski definition) is 2. The second kappa shape index (κ2) is 3.90. The fourth-order valence-electron chi connectivity index (χ4n) is 1.29. The van der Waals surface area contributed by atoms with Crippen molar-refractivity contribution in [1.29, 1.82) is 0 Å². The van der Waals surface area contributed by atoms with Gasteiger partial charge in [-0.25, -0.2) is 4.98 Å². The zero-order valence-electron chi connectivity index (χ0n) is 9.02. The minimum Gasteiger partial charge on any atom is -0.263 e. The molecule has 1 heterocycles. The molecule has 0 radical (unpaired) electrons. The lowest BCUT2D eigenvalue weighted by molar-refractivity contribution is 0.413. The van der Waals surface area contributed by atoms with Crippen LogP contribution in [0.3, 0.4) is 0 Å². The Bertz CT molecular complexity index is 261. The molecule has 0 aromatic carbocycles. The fraction of sp³-hybridized carbons (Fsp3) is 0.800. The molecule has 0 bridgehead atoms. The van der Waals surface area contributed by atoms with E-state index in [-0.39, 0.29) is 5.41 Å². The zero-order chi connectivity index (χ0) is 9.90. The highest BCUT2D eigenvalue weighted by molar-refractivity contribution is 5.05. The van der Waals surface area contributed by atoms with Gasteiger partial charge in [0.1, 0.15) is 5.82 Å². The van der Waals surface area contributed by atoms with Crippen molar-refractivity contribution < 1.29 is 0 Å². The van der Waals surface area contributed by atoms with Gasteiger partial charge in [-0.1, -0.05) is 27.7 Å². The van der Waals surface area contributed by atoms with Crippen LogP contribution in [0.5, 0.6) is 0 Å². The molecule has 0 spiro atoms. The minimum atomic E-state index is 0.143. The highest BCUT2D eigenvalue weighted by atomic mass is 15.2. The third-order valence-electron chi connectivity index (χ3n) is 2.97. The average molecular weight is 181 g/mol. The van der Waals surface area contributed by atoms with Crippen LogP contribution in [-0.2, 0) is 11.8 Å². The van der Waals surface area contributed by atoms with E-state index in [2.05, 4.69) is 42.9 Å². The molecular formula is C10H19N3. The maximum absolute atomic E-state index is 4.48. The molecule has 1 N–H and O–H groups in total. The summed E-state index contributed by atoms with van der Waals surface area (Å²) in [5.41, 5.74) is 0.143. The van der Waals surface area contributed by atoms with Crippen molar-refractivity contribution >= 4 is 0 Å². The van der Waals surface area contributed by atoms with Crippen LogP contribution in [0.15, 0.2) is 0 Å². The number of nitrogens with one attached hydrogen (secondary N) is 1. The highest BCUT2D eigenvalue weighted by Gasteiger charge is 2.26. The van der Waals surface area contributed by atoms with Crippen molar-refractivity contribution in [3.63, 3.8) is 0 Å². The van der Waals surface area contributed by atoms with E-state index in [0.29, 0.717) is 0 Å². The molecule has 3 nitrogen and oxygen atoms in total. The van der Waals surface area contributed by atoms with E-state index in [4.69, 9.17) is 0 Å². The van der Waals surface area contributed by atoms with Crippen LogP contribution >= 0.6 is 0 Å². The van der Waals surface area contributed by atoms with Gasteiger partial charge in [0, 0.05) is 11.8 Å². The molecule has 0 aliphatic carbocycles. The summed E-state index contributed by atoms with van der Waals surface area (Å²) in [5.74, 6) is 1.96. The highest BCUT2D eigenvalue weighted by Crippen LogP contribution is 2.27. The van der Waals surface area contributed by atoms with Crippen LogP contribution < -0.4 is 0 Å². The van der Waals surface area contributed by atoms with Crippen LogP contribution in [0, 0.1) is 0 Å². The maximum Gasteiger partial charge on any atom is 0.156 e. The lowest BCUT2D eigenvalue weighted by Gasteiger charge is -2.22. The number of aromatic nitrogens is 3. The van der Waals surface area contributed by atoms with Gasteiger partial charge in [0.15, 0.2) is 5.82 Å². The van der Waals surface area contributed by atoms with E-state index in [1.807, 2.05) is 0 Å². The van der Waals surface area contributed by atoms with Crippen molar-refractivity contribution in [2.45, 2.75) is 52.4 Å². The molecule has 1 aromatic heterocycles. The van der Waals surface area contributed by atoms with Gasteiger partial charge in [-0.2, -0.15) is 5.10 Å². The van der Waals surface area contributed by atoms with E-state index in [1.54, 1.807) is 0 Å². The maximum atomic E-state index is 4.48. The number of H-pyrrole nitrogens is 1. The van der Waals surface area contributed by atoms with Gasteiger partial charge < -0.3 is 0 Å². The Morgan fingerprint density at radius 3 is 2.23 bits per heavy atom. The molecule has 13 heavy (non-hydrogen) atoms. The first kappa shape index (κ1) is 10.2. The van der Waals surface area contributed by atoms with Crippen molar-refractivity contribution in [2.24, 2.45) is 0 Å². The molecule has 74 valence electrons. The monoisotopic (exact) mass is 181 g/mol. The normalized spacial score (nSPS) is 12.0. The predicted molar refractivity (Wildman–Crippen MR) is 53.7 cm³/mol. The first-order chi connectivity index (χ1) is 6.16. The summed E-state index contributed by atoms with van der Waals surface area (Å²) >= 11 is 0.